The monoisotopic (exact) mass is 294 g/mol. The number of hydrogen-bond donors (Lipinski definition) is 2. The summed E-state index contributed by atoms with van der Waals surface area (Å²) in [6, 6.07) is 1.78. The molecule has 0 unspecified atom stereocenters. The number of amides is 1. The lowest BCUT2D eigenvalue weighted by molar-refractivity contribution is -0.145. The summed E-state index contributed by atoms with van der Waals surface area (Å²) < 4.78 is 4.78. The molecule has 0 radical (unpaired) electrons. The van der Waals surface area contributed by atoms with Crippen molar-refractivity contribution in [2.45, 2.75) is 26.3 Å². The van der Waals surface area contributed by atoms with Gasteiger partial charge < -0.3 is 15.2 Å². The summed E-state index contributed by atoms with van der Waals surface area (Å²) in [5, 5.41) is 11.6. The Morgan fingerprint density at radius 1 is 1.33 bits per heavy atom. The van der Waals surface area contributed by atoms with Crippen molar-refractivity contribution >= 4 is 17.8 Å². The lowest BCUT2D eigenvalue weighted by atomic mass is 9.98. The molecule has 1 rings (SSSR count). The van der Waals surface area contributed by atoms with E-state index in [9.17, 15) is 19.5 Å². The summed E-state index contributed by atoms with van der Waals surface area (Å²) in [6.45, 7) is 3.47. The Kier molecular flexibility index (Phi) is 6.32. The molecule has 7 heteroatoms. The minimum atomic E-state index is -1.20. The van der Waals surface area contributed by atoms with Crippen molar-refractivity contribution in [3.63, 3.8) is 0 Å². The Hall–Kier alpha value is -2.44. The third-order valence-corrected chi connectivity index (χ3v) is 2.86. The molecule has 0 aromatic carbocycles. The second kappa shape index (κ2) is 7.98. The number of carbonyl (C=O) groups is 3. The third-order valence-electron chi connectivity index (χ3n) is 2.86. The number of esters is 1. The highest BCUT2D eigenvalue weighted by Gasteiger charge is 2.28. The number of carbonyl (C=O) groups excluding carboxylic acids is 2. The van der Waals surface area contributed by atoms with Crippen LogP contribution < -0.4 is 5.32 Å². The molecule has 114 valence electrons. The van der Waals surface area contributed by atoms with E-state index < -0.39 is 29.8 Å². The van der Waals surface area contributed by atoms with Crippen molar-refractivity contribution in [1.82, 2.24) is 10.3 Å². The summed E-state index contributed by atoms with van der Waals surface area (Å²) in [5.74, 6) is -2.81. The average Bonchev–Trinajstić information content (AvgIpc) is 2.45. The number of carboxylic acid groups (broad SMARTS) is 1. The zero-order chi connectivity index (χ0) is 15.8. The van der Waals surface area contributed by atoms with Gasteiger partial charge in [0.1, 0.15) is 6.04 Å². The van der Waals surface area contributed by atoms with Gasteiger partial charge in [-0.1, -0.05) is 6.92 Å². The van der Waals surface area contributed by atoms with Gasteiger partial charge in [0.25, 0.3) is 5.91 Å². The second-order valence-corrected chi connectivity index (χ2v) is 4.51. The van der Waals surface area contributed by atoms with E-state index in [0.717, 1.165) is 0 Å². The molecular weight excluding hydrogens is 276 g/mol. The van der Waals surface area contributed by atoms with Crippen LogP contribution in [0, 0.1) is 5.92 Å². The molecule has 1 heterocycles. The van der Waals surface area contributed by atoms with Gasteiger partial charge in [-0.25, -0.2) is 4.79 Å². The van der Waals surface area contributed by atoms with Crippen LogP contribution >= 0.6 is 0 Å². The molecule has 1 amide bonds. The summed E-state index contributed by atoms with van der Waals surface area (Å²) in [5.41, 5.74) is 0.305. The van der Waals surface area contributed by atoms with E-state index >= 15 is 0 Å². The van der Waals surface area contributed by atoms with Crippen molar-refractivity contribution < 1.29 is 24.2 Å². The van der Waals surface area contributed by atoms with Gasteiger partial charge in [-0.2, -0.15) is 0 Å². The minimum absolute atomic E-state index is 0.0819. The number of aromatic nitrogens is 1. The van der Waals surface area contributed by atoms with E-state index in [-0.39, 0.29) is 13.0 Å². The normalized spacial score (nSPS) is 13.0. The smallest absolute Gasteiger partial charge is 0.326 e. The van der Waals surface area contributed by atoms with Crippen LogP contribution in [0.1, 0.15) is 30.6 Å². The summed E-state index contributed by atoms with van der Waals surface area (Å²) >= 11 is 0. The lowest BCUT2D eigenvalue weighted by Crippen LogP contribution is -2.45. The summed E-state index contributed by atoms with van der Waals surface area (Å²) in [6.07, 6.45) is 2.79. The molecule has 0 saturated carbocycles. The molecule has 2 atom stereocenters. The first-order valence-electron chi connectivity index (χ1n) is 6.55. The maximum atomic E-state index is 12.0. The highest BCUT2D eigenvalue weighted by molar-refractivity contribution is 5.96. The van der Waals surface area contributed by atoms with Gasteiger partial charge in [0.05, 0.1) is 13.0 Å². The third kappa shape index (κ3) is 5.21. The molecule has 1 aromatic heterocycles. The number of pyridine rings is 1. The number of rotatable bonds is 7. The topological polar surface area (TPSA) is 106 Å². The Morgan fingerprint density at radius 3 is 2.48 bits per heavy atom. The van der Waals surface area contributed by atoms with Crippen molar-refractivity contribution in [3.05, 3.63) is 30.1 Å². The maximum Gasteiger partial charge on any atom is 0.326 e. The van der Waals surface area contributed by atoms with Crippen LogP contribution in [0.15, 0.2) is 24.5 Å². The molecule has 0 saturated heterocycles. The second-order valence-electron chi connectivity index (χ2n) is 4.51. The van der Waals surface area contributed by atoms with Crippen molar-refractivity contribution in [1.29, 1.82) is 0 Å². The molecule has 1 aromatic rings. The van der Waals surface area contributed by atoms with Crippen molar-refractivity contribution in [2.75, 3.05) is 6.61 Å². The van der Waals surface area contributed by atoms with Crippen LogP contribution in [-0.2, 0) is 14.3 Å². The van der Waals surface area contributed by atoms with Crippen LogP contribution in [-0.4, -0.2) is 40.6 Å². The molecule has 0 bridgehead atoms. The van der Waals surface area contributed by atoms with Crippen molar-refractivity contribution in [2.24, 2.45) is 5.92 Å². The van der Waals surface area contributed by atoms with Gasteiger partial charge in [-0.3, -0.25) is 14.6 Å². The predicted octanol–water partition coefficient (Wildman–Crippen LogP) is 0.854. The molecule has 7 nitrogen and oxygen atoms in total. The standard InChI is InChI=1S/C14H18N2O5/c1-3-21-11(17)8-9(2)12(14(19)20)16-13(18)10-4-6-15-7-5-10/h4-7,9,12H,3,8H2,1-2H3,(H,16,18)(H,19,20)/t9-,12+/m0/s1. The quantitative estimate of drug-likeness (QED) is 0.722. The largest absolute Gasteiger partial charge is 0.480 e. The van der Waals surface area contributed by atoms with Crippen LogP contribution in [0.3, 0.4) is 0 Å². The van der Waals surface area contributed by atoms with E-state index in [4.69, 9.17) is 4.74 Å². The van der Waals surface area contributed by atoms with Gasteiger partial charge in [-0.15, -0.1) is 0 Å². The molecule has 21 heavy (non-hydrogen) atoms. The Labute approximate surface area is 122 Å². The zero-order valence-corrected chi connectivity index (χ0v) is 11.9. The fraction of sp³-hybridized carbons (Fsp3) is 0.429. The Morgan fingerprint density at radius 2 is 1.95 bits per heavy atom. The lowest BCUT2D eigenvalue weighted by Gasteiger charge is -2.20. The zero-order valence-electron chi connectivity index (χ0n) is 11.9. The molecule has 0 aliphatic carbocycles. The Bertz CT molecular complexity index is 503. The van der Waals surface area contributed by atoms with E-state index in [1.165, 1.54) is 24.5 Å². The van der Waals surface area contributed by atoms with Crippen LogP contribution in [0.25, 0.3) is 0 Å². The first kappa shape index (κ1) is 16.6. The predicted molar refractivity (Wildman–Crippen MR) is 73.5 cm³/mol. The molecule has 0 fully saturated rings. The molecule has 0 spiro atoms. The maximum absolute atomic E-state index is 12.0. The number of carboxylic acids is 1. The van der Waals surface area contributed by atoms with E-state index in [1.54, 1.807) is 13.8 Å². The van der Waals surface area contributed by atoms with Gasteiger partial charge in [0, 0.05) is 18.0 Å². The number of nitrogens with zero attached hydrogens (tertiary/aromatic N) is 1. The number of aliphatic carboxylic acids is 1. The fourth-order valence-electron chi connectivity index (χ4n) is 1.78. The van der Waals surface area contributed by atoms with Crippen LogP contribution in [0.5, 0.6) is 0 Å². The van der Waals surface area contributed by atoms with E-state index in [1.807, 2.05) is 0 Å². The fourth-order valence-corrected chi connectivity index (χ4v) is 1.78. The summed E-state index contributed by atoms with van der Waals surface area (Å²) in [7, 11) is 0. The SMILES string of the molecule is CCOC(=O)C[C@H](C)[C@@H](NC(=O)c1ccncc1)C(=O)O. The number of ether oxygens (including phenoxy) is 1. The van der Waals surface area contributed by atoms with Gasteiger partial charge >= 0.3 is 11.9 Å². The van der Waals surface area contributed by atoms with Gasteiger partial charge in [0.15, 0.2) is 0 Å². The first-order valence-corrected chi connectivity index (χ1v) is 6.55. The first-order chi connectivity index (χ1) is 9.95. The average molecular weight is 294 g/mol. The van der Waals surface area contributed by atoms with Crippen LogP contribution in [0.2, 0.25) is 0 Å². The highest BCUT2D eigenvalue weighted by atomic mass is 16.5. The van der Waals surface area contributed by atoms with Crippen molar-refractivity contribution in [3.8, 4) is 0 Å². The molecular formula is C14H18N2O5. The Balaban J connectivity index is 2.71. The molecule has 0 aliphatic rings. The van der Waals surface area contributed by atoms with Gasteiger partial charge in [0.2, 0.25) is 0 Å². The minimum Gasteiger partial charge on any atom is -0.480 e. The number of nitrogens with one attached hydrogen (secondary N) is 1. The van der Waals surface area contributed by atoms with E-state index in [0.29, 0.717) is 5.56 Å². The molecule has 0 aliphatic heterocycles. The number of hydrogen-bond acceptors (Lipinski definition) is 5. The highest BCUT2D eigenvalue weighted by Crippen LogP contribution is 2.11. The van der Waals surface area contributed by atoms with Crippen LogP contribution in [0.4, 0.5) is 0 Å². The van der Waals surface area contributed by atoms with E-state index in [2.05, 4.69) is 10.3 Å². The van der Waals surface area contributed by atoms with Gasteiger partial charge in [-0.05, 0) is 25.0 Å². The summed E-state index contributed by atoms with van der Waals surface area (Å²) in [4.78, 5) is 38.4. The molecule has 2 N–H and O–H groups in total.